The summed E-state index contributed by atoms with van der Waals surface area (Å²) in [4.78, 5) is 34.0. The highest BCUT2D eigenvalue weighted by atomic mass is 16.5. The molecule has 0 atom stereocenters. The molecule has 2 saturated heterocycles. The molecule has 5 fully saturated rings. The number of nitrogens with zero attached hydrogens (tertiary/aromatic N) is 3. The second-order valence-corrected chi connectivity index (χ2v) is 12.1. The van der Waals surface area contributed by atoms with Gasteiger partial charge >= 0.3 is 5.97 Å². The number of hydrogen-bond donors (Lipinski definition) is 0. The van der Waals surface area contributed by atoms with Gasteiger partial charge in [-0.05, 0) is 92.6 Å². The Labute approximate surface area is 197 Å². The first kappa shape index (κ1) is 21.4. The fourth-order valence-electron chi connectivity index (χ4n) is 8.10. The van der Waals surface area contributed by atoms with Crippen molar-refractivity contribution in [3.05, 3.63) is 23.9 Å². The Morgan fingerprint density at radius 3 is 2.27 bits per heavy atom. The van der Waals surface area contributed by atoms with Crippen LogP contribution >= 0.6 is 0 Å². The van der Waals surface area contributed by atoms with Crippen LogP contribution in [0.4, 0.5) is 5.82 Å². The molecule has 0 bridgehead atoms. The number of anilines is 1. The second-order valence-electron chi connectivity index (χ2n) is 12.1. The van der Waals surface area contributed by atoms with Crippen LogP contribution in [0, 0.1) is 22.2 Å². The summed E-state index contributed by atoms with van der Waals surface area (Å²) in [5, 5.41) is 0. The van der Waals surface area contributed by atoms with E-state index >= 15 is 0 Å². The molecule has 6 heteroatoms. The van der Waals surface area contributed by atoms with Gasteiger partial charge in [0.15, 0.2) is 0 Å². The fourth-order valence-corrected chi connectivity index (χ4v) is 8.10. The van der Waals surface area contributed by atoms with Crippen LogP contribution in [0.3, 0.4) is 0 Å². The predicted octanol–water partition coefficient (Wildman–Crippen LogP) is 4.44. The largest absolute Gasteiger partial charge is 0.465 e. The van der Waals surface area contributed by atoms with E-state index in [0.717, 1.165) is 64.1 Å². The molecule has 3 aliphatic carbocycles. The first-order chi connectivity index (χ1) is 15.9. The Kier molecular flexibility index (Phi) is 5.00. The topological polar surface area (TPSA) is 62.7 Å². The van der Waals surface area contributed by atoms with Gasteiger partial charge in [0.25, 0.3) is 0 Å². The van der Waals surface area contributed by atoms with E-state index in [-0.39, 0.29) is 11.4 Å². The molecule has 0 aromatic carbocycles. The summed E-state index contributed by atoms with van der Waals surface area (Å²) >= 11 is 0. The van der Waals surface area contributed by atoms with E-state index in [0.29, 0.717) is 28.2 Å². The van der Waals surface area contributed by atoms with Crippen LogP contribution in [-0.2, 0) is 9.53 Å². The monoisotopic (exact) mass is 451 g/mol. The molecule has 178 valence electrons. The van der Waals surface area contributed by atoms with Crippen LogP contribution in [0.5, 0.6) is 0 Å². The quantitative estimate of drug-likeness (QED) is 0.636. The van der Waals surface area contributed by atoms with Gasteiger partial charge in [0.05, 0.1) is 12.7 Å². The SMILES string of the molecule is COC(=O)c1ccc(N2CCC3(CCCN(C(=O)C4CC5(C4)CC4(CCC4)C5)C3)CC2)nc1. The summed E-state index contributed by atoms with van der Waals surface area (Å²) in [7, 11) is 1.39. The molecule has 3 spiro atoms. The number of hydrogen-bond acceptors (Lipinski definition) is 5. The van der Waals surface area contributed by atoms with Crippen molar-refractivity contribution in [2.75, 3.05) is 38.2 Å². The molecule has 2 aliphatic heterocycles. The van der Waals surface area contributed by atoms with Crippen molar-refractivity contribution in [2.24, 2.45) is 22.2 Å². The molecule has 3 saturated carbocycles. The highest BCUT2D eigenvalue weighted by molar-refractivity contribution is 5.89. The lowest BCUT2D eigenvalue weighted by Crippen LogP contribution is -2.60. The van der Waals surface area contributed by atoms with Gasteiger partial charge < -0.3 is 14.5 Å². The van der Waals surface area contributed by atoms with E-state index < -0.39 is 0 Å². The van der Waals surface area contributed by atoms with Gasteiger partial charge in [0, 0.05) is 38.3 Å². The van der Waals surface area contributed by atoms with Crippen LogP contribution in [0.1, 0.15) is 81.0 Å². The second kappa shape index (κ2) is 7.71. The standard InChI is InChI=1S/C27H37N3O3/c1-33-24(32)20-4-5-22(28-16-20)29-12-9-25(10-13-29)8-3-11-30(19-25)23(31)21-14-27(15-21)17-26(18-27)6-2-7-26/h4-5,16,21H,2-3,6-15,17-19H2,1H3. The predicted molar refractivity (Wildman–Crippen MR) is 126 cm³/mol. The lowest BCUT2D eigenvalue weighted by Gasteiger charge is -2.67. The van der Waals surface area contributed by atoms with Crippen molar-refractivity contribution in [3.63, 3.8) is 0 Å². The summed E-state index contributed by atoms with van der Waals surface area (Å²) in [6.45, 7) is 3.82. The third-order valence-corrected chi connectivity index (χ3v) is 9.91. The number of aromatic nitrogens is 1. The van der Waals surface area contributed by atoms with Gasteiger partial charge in [0.2, 0.25) is 5.91 Å². The molecule has 0 unspecified atom stereocenters. The molecular weight excluding hydrogens is 414 g/mol. The first-order valence-electron chi connectivity index (χ1n) is 13.0. The van der Waals surface area contributed by atoms with Gasteiger partial charge in [0.1, 0.15) is 5.82 Å². The maximum Gasteiger partial charge on any atom is 0.339 e. The normalized spacial score (nSPS) is 27.1. The summed E-state index contributed by atoms with van der Waals surface area (Å²) in [5.41, 5.74) is 2.02. The van der Waals surface area contributed by atoms with Crippen molar-refractivity contribution in [2.45, 2.75) is 70.6 Å². The zero-order chi connectivity index (χ0) is 22.7. The molecule has 6 nitrogen and oxygen atoms in total. The third kappa shape index (κ3) is 3.64. The average Bonchev–Trinajstić information content (AvgIpc) is 2.76. The van der Waals surface area contributed by atoms with E-state index in [4.69, 9.17) is 4.74 Å². The van der Waals surface area contributed by atoms with Gasteiger partial charge in [-0.1, -0.05) is 6.42 Å². The van der Waals surface area contributed by atoms with Gasteiger partial charge in [-0.2, -0.15) is 0 Å². The maximum absolute atomic E-state index is 13.3. The molecule has 1 aromatic rings. The minimum absolute atomic E-state index is 0.268. The highest BCUT2D eigenvalue weighted by Crippen LogP contribution is 2.72. The third-order valence-electron chi connectivity index (χ3n) is 9.91. The molecule has 0 N–H and O–H groups in total. The minimum atomic E-state index is -0.351. The van der Waals surface area contributed by atoms with Crippen LogP contribution in [0.25, 0.3) is 0 Å². The van der Waals surface area contributed by atoms with Crippen LogP contribution in [0.2, 0.25) is 0 Å². The first-order valence-corrected chi connectivity index (χ1v) is 13.0. The summed E-state index contributed by atoms with van der Waals surface area (Å²) < 4.78 is 4.77. The van der Waals surface area contributed by atoms with E-state index in [1.54, 1.807) is 12.3 Å². The van der Waals surface area contributed by atoms with Gasteiger partial charge in [-0.3, -0.25) is 4.79 Å². The number of methoxy groups -OCH3 is 1. The Morgan fingerprint density at radius 1 is 0.939 bits per heavy atom. The van der Waals surface area contributed by atoms with E-state index in [2.05, 4.69) is 14.8 Å². The summed E-state index contributed by atoms with van der Waals surface area (Å²) in [6, 6.07) is 3.71. The molecule has 3 heterocycles. The van der Waals surface area contributed by atoms with Crippen LogP contribution in [-0.4, -0.2) is 55.0 Å². The molecule has 5 aliphatic rings. The fraction of sp³-hybridized carbons (Fsp3) is 0.741. The van der Waals surface area contributed by atoms with E-state index in [9.17, 15) is 9.59 Å². The lowest BCUT2D eigenvalue weighted by atomic mass is 9.38. The number of esters is 1. The average molecular weight is 452 g/mol. The summed E-state index contributed by atoms with van der Waals surface area (Å²) in [5.74, 6) is 1.33. The number of ether oxygens (including phenoxy) is 1. The van der Waals surface area contributed by atoms with Gasteiger partial charge in [-0.15, -0.1) is 0 Å². The number of amides is 1. The molecule has 6 rings (SSSR count). The Bertz CT molecular complexity index is 914. The Morgan fingerprint density at radius 2 is 1.67 bits per heavy atom. The summed E-state index contributed by atoms with van der Waals surface area (Å²) in [6.07, 6.45) is 15.7. The van der Waals surface area contributed by atoms with Crippen molar-refractivity contribution < 1.29 is 14.3 Å². The smallest absolute Gasteiger partial charge is 0.339 e. The minimum Gasteiger partial charge on any atom is -0.465 e. The number of likely N-dealkylation sites (tertiary alicyclic amines) is 1. The molecule has 33 heavy (non-hydrogen) atoms. The zero-order valence-electron chi connectivity index (χ0n) is 20.0. The van der Waals surface area contributed by atoms with Crippen molar-refractivity contribution in [1.82, 2.24) is 9.88 Å². The van der Waals surface area contributed by atoms with Crippen molar-refractivity contribution >= 4 is 17.7 Å². The highest BCUT2D eigenvalue weighted by Gasteiger charge is 2.62. The molecule has 1 amide bonds. The lowest BCUT2D eigenvalue weighted by molar-refractivity contribution is -0.180. The molecule has 1 aromatic heterocycles. The molecule has 0 radical (unpaired) electrons. The Hall–Kier alpha value is -2.11. The van der Waals surface area contributed by atoms with Gasteiger partial charge in [-0.25, -0.2) is 9.78 Å². The van der Waals surface area contributed by atoms with Crippen LogP contribution in [0.15, 0.2) is 18.3 Å². The van der Waals surface area contributed by atoms with Crippen LogP contribution < -0.4 is 4.90 Å². The number of carbonyl (C=O) groups is 2. The van der Waals surface area contributed by atoms with Crippen molar-refractivity contribution in [1.29, 1.82) is 0 Å². The number of piperidine rings is 2. The number of carbonyl (C=O) groups excluding carboxylic acids is 2. The number of rotatable bonds is 3. The molecular formula is C27H37N3O3. The zero-order valence-corrected chi connectivity index (χ0v) is 20.0. The van der Waals surface area contributed by atoms with E-state index in [1.165, 1.54) is 45.6 Å². The van der Waals surface area contributed by atoms with Crippen molar-refractivity contribution in [3.8, 4) is 0 Å². The number of pyridine rings is 1. The maximum atomic E-state index is 13.3. The Balaban J connectivity index is 1.02. The van der Waals surface area contributed by atoms with E-state index in [1.807, 2.05) is 6.07 Å².